The first-order valence-corrected chi connectivity index (χ1v) is 17.4. The van der Waals surface area contributed by atoms with Gasteiger partial charge in [-0.1, -0.05) is 170 Å². The maximum Gasteiger partial charge on any atom is 0.0346 e. The molecule has 10 rings (SSSR count). The van der Waals surface area contributed by atoms with E-state index in [0.717, 1.165) is 12.8 Å². The Bertz CT molecular complexity index is 2520. The van der Waals surface area contributed by atoms with Crippen LogP contribution in [0.15, 0.2) is 176 Å². The molecule has 49 heavy (non-hydrogen) atoms. The molecule has 0 bridgehead atoms. The minimum atomic E-state index is 0.109. The predicted molar refractivity (Wildman–Crippen MR) is 205 cm³/mol. The first-order valence-electron chi connectivity index (χ1n) is 17.4. The molecule has 8 aromatic rings. The lowest BCUT2D eigenvalue weighted by molar-refractivity contribution is 0.978. The Balaban J connectivity index is 1.19. The van der Waals surface area contributed by atoms with Gasteiger partial charge in [0.15, 0.2) is 0 Å². The van der Waals surface area contributed by atoms with Crippen molar-refractivity contribution in [2.45, 2.75) is 18.8 Å². The van der Waals surface area contributed by atoms with Gasteiger partial charge in [-0.25, -0.2) is 0 Å². The minimum Gasteiger partial charge on any atom is -0.0622 e. The summed E-state index contributed by atoms with van der Waals surface area (Å²) in [5, 5.41) is 2.64. The summed E-state index contributed by atoms with van der Waals surface area (Å²) in [4.78, 5) is 0. The van der Waals surface area contributed by atoms with E-state index in [1.807, 2.05) is 0 Å². The molecule has 1 atom stereocenters. The smallest absolute Gasteiger partial charge is 0.0346 e. The summed E-state index contributed by atoms with van der Waals surface area (Å²) in [6.45, 7) is 0. The molecule has 0 saturated carbocycles. The predicted octanol–water partition coefficient (Wildman–Crippen LogP) is 12.5. The lowest BCUT2D eigenvalue weighted by Gasteiger charge is -2.23. The Morgan fingerprint density at radius 3 is 1.84 bits per heavy atom. The molecule has 0 fully saturated rings. The second-order valence-corrected chi connectivity index (χ2v) is 13.6. The topological polar surface area (TPSA) is 0 Å². The van der Waals surface area contributed by atoms with Crippen molar-refractivity contribution < 1.29 is 0 Å². The van der Waals surface area contributed by atoms with Gasteiger partial charge >= 0.3 is 0 Å². The molecule has 0 heteroatoms. The fourth-order valence-corrected chi connectivity index (χ4v) is 8.72. The van der Waals surface area contributed by atoms with Crippen LogP contribution in [0, 0.1) is 0 Å². The van der Waals surface area contributed by atoms with Crippen LogP contribution in [0.25, 0.3) is 55.3 Å². The summed E-state index contributed by atoms with van der Waals surface area (Å²) in [5.74, 6) is 0.109. The molecular weight excluding hydrogens is 589 g/mol. The van der Waals surface area contributed by atoms with E-state index >= 15 is 0 Å². The van der Waals surface area contributed by atoms with E-state index in [-0.39, 0.29) is 5.92 Å². The third-order valence-corrected chi connectivity index (χ3v) is 10.9. The van der Waals surface area contributed by atoms with Crippen molar-refractivity contribution >= 4 is 10.8 Å². The average Bonchev–Trinajstić information content (AvgIpc) is 3.74. The van der Waals surface area contributed by atoms with Gasteiger partial charge in [-0.2, -0.15) is 0 Å². The Hall–Kier alpha value is -5.98. The van der Waals surface area contributed by atoms with Crippen LogP contribution in [0.2, 0.25) is 0 Å². The number of fused-ring (bicyclic) bond motifs is 7. The first kappa shape index (κ1) is 28.1. The Labute approximate surface area is 288 Å². The van der Waals surface area contributed by atoms with Gasteiger partial charge in [0.1, 0.15) is 0 Å². The number of hydrogen-bond donors (Lipinski definition) is 0. The van der Waals surface area contributed by atoms with Gasteiger partial charge in [0.2, 0.25) is 0 Å². The zero-order chi connectivity index (χ0) is 32.3. The first-order chi connectivity index (χ1) is 24.3. The molecule has 0 N–H and O–H groups in total. The Morgan fingerprint density at radius 2 is 0.980 bits per heavy atom. The molecule has 0 aliphatic heterocycles. The zero-order valence-electron chi connectivity index (χ0n) is 27.2. The van der Waals surface area contributed by atoms with Gasteiger partial charge in [-0.15, -0.1) is 0 Å². The lowest BCUT2D eigenvalue weighted by atomic mass is 9.80. The normalized spacial score (nSPS) is 13.1. The van der Waals surface area contributed by atoms with Crippen LogP contribution in [-0.4, -0.2) is 0 Å². The van der Waals surface area contributed by atoms with Crippen molar-refractivity contribution in [3.8, 4) is 44.5 Å². The van der Waals surface area contributed by atoms with Crippen LogP contribution in [0.3, 0.4) is 0 Å². The molecular formula is C49H34. The standard InChI is InChI=1S/C49H34/c1-3-13-32(14-4-1)33-25-27-35(28-26-33)47(34-15-5-2-6-16-34)43-24-11-19-38-31-46-45(48(38)43)30-37-18-8-10-21-40(37)49(46)42-23-12-22-41-39-20-9-7-17-36(39)29-44(41)42/h1-28,30,47H,29,31H2. The van der Waals surface area contributed by atoms with E-state index < -0.39 is 0 Å². The second-order valence-electron chi connectivity index (χ2n) is 13.6. The van der Waals surface area contributed by atoms with Crippen molar-refractivity contribution in [1.82, 2.24) is 0 Å². The van der Waals surface area contributed by atoms with Gasteiger partial charge in [-0.05, 0) is 113 Å². The average molecular weight is 623 g/mol. The fourth-order valence-electron chi connectivity index (χ4n) is 8.72. The molecule has 0 radical (unpaired) electrons. The molecule has 0 spiro atoms. The van der Waals surface area contributed by atoms with E-state index in [0.29, 0.717) is 0 Å². The van der Waals surface area contributed by atoms with Crippen LogP contribution in [0.1, 0.15) is 44.9 Å². The third kappa shape index (κ3) is 4.52. The molecule has 2 aliphatic carbocycles. The van der Waals surface area contributed by atoms with Crippen LogP contribution in [0.5, 0.6) is 0 Å². The maximum absolute atomic E-state index is 2.47. The lowest BCUT2D eigenvalue weighted by Crippen LogP contribution is -2.05. The van der Waals surface area contributed by atoms with Crippen LogP contribution in [0.4, 0.5) is 0 Å². The summed E-state index contributed by atoms with van der Waals surface area (Å²) in [7, 11) is 0. The van der Waals surface area contributed by atoms with Gasteiger partial charge in [0.25, 0.3) is 0 Å². The largest absolute Gasteiger partial charge is 0.0622 e. The summed E-state index contributed by atoms with van der Waals surface area (Å²) in [5.41, 5.74) is 20.6. The van der Waals surface area contributed by atoms with Crippen LogP contribution >= 0.6 is 0 Å². The van der Waals surface area contributed by atoms with Gasteiger partial charge in [0, 0.05) is 5.92 Å². The van der Waals surface area contributed by atoms with Gasteiger partial charge in [-0.3, -0.25) is 0 Å². The quantitative estimate of drug-likeness (QED) is 0.168. The summed E-state index contributed by atoms with van der Waals surface area (Å²) < 4.78 is 0. The van der Waals surface area contributed by atoms with Crippen molar-refractivity contribution in [3.05, 3.63) is 215 Å². The van der Waals surface area contributed by atoms with Crippen molar-refractivity contribution in [1.29, 1.82) is 0 Å². The molecule has 230 valence electrons. The van der Waals surface area contributed by atoms with Gasteiger partial charge < -0.3 is 0 Å². The Kier molecular flexibility index (Phi) is 6.49. The van der Waals surface area contributed by atoms with E-state index in [1.165, 1.54) is 94.2 Å². The number of rotatable bonds is 5. The molecule has 0 aromatic heterocycles. The van der Waals surface area contributed by atoms with E-state index in [9.17, 15) is 0 Å². The van der Waals surface area contributed by atoms with Crippen molar-refractivity contribution in [2.75, 3.05) is 0 Å². The highest BCUT2D eigenvalue weighted by atomic mass is 14.3. The molecule has 0 heterocycles. The van der Waals surface area contributed by atoms with Crippen molar-refractivity contribution in [3.63, 3.8) is 0 Å². The molecule has 0 amide bonds. The highest BCUT2D eigenvalue weighted by Crippen LogP contribution is 2.52. The van der Waals surface area contributed by atoms with Crippen LogP contribution in [-0.2, 0) is 12.8 Å². The molecule has 0 saturated heterocycles. The molecule has 1 unspecified atom stereocenters. The molecule has 2 aliphatic rings. The van der Waals surface area contributed by atoms with E-state index in [1.54, 1.807) is 0 Å². The summed E-state index contributed by atoms with van der Waals surface area (Å²) >= 11 is 0. The van der Waals surface area contributed by atoms with E-state index in [4.69, 9.17) is 0 Å². The highest BCUT2D eigenvalue weighted by Gasteiger charge is 2.31. The second kappa shape index (κ2) is 11.3. The third-order valence-electron chi connectivity index (χ3n) is 10.9. The zero-order valence-corrected chi connectivity index (χ0v) is 27.2. The minimum absolute atomic E-state index is 0.109. The SMILES string of the molecule is c1ccc(-c2ccc(C(c3ccccc3)c3cccc4c3-c3cc5ccccc5c(-c5cccc6c5Cc5ccccc5-6)c3C4)cc2)cc1. The monoisotopic (exact) mass is 622 g/mol. The van der Waals surface area contributed by atoms with Gasteiger partial charge in [0.05, 0.1) is 0 Å². The van der Waals surface area contributed by atoms with E-state index in [2.05, 4.69) is 176 Å². The summed E-state index contributed by atoms with van der Waals surface area (Å²) in [6, 6.07) is 65.4. The summed E-state index contributed by atoms with van der Waals surface area (Å²) in [6.07, 6.45) is 1.91. The molecule has 0 nitrogen and oxygen atoms in total. The number of benzene rings is 8. The molecule has 8 aromatic carbocycles. The number of hydrogen-bond acceptors (Lipinski definition) is 0. The van der Waals surface area contributed by atoms with Crippen LogP contribution < -0.4 is 0 Å². The fraction of sp³-hybridized carbons (Fsp3) is 0.0612. The van der Waals surface area contributed by atoms with Crippen molar-refractivity contribution in [2.24, 2.45) is 0 Å². The highest BCUT2D eigenvalue weighted by molar-refractivity contribution is 6.06. The Morgan fingerprint density at radius 1 is 0.367 bits per heavy atom. The maximum atomic E-state index is 2.47.